The van der Waals surface area contributed by atoms with Gasteiger partial charge in [0.1, 0.15) is 0 Å². The van der Waals surface area contributed by atoms with Gasteiger partial charge in [-0.05, 0) is 49.1 Å². The molecule has 0 bridgehead atoms. The van der Waals surface area contributed by atoms with Crippen molar-refractivity contribution in [3.8, 4) is 0 Å². The molecule has 1 atom stereocenters. The minimum atomic E-state index is -4.38. The lowest BCUT2D eigenvalue weighted by Gasteiger charge is -2.40. The Morgan fingerprint density at radius 2 is 1.64 bits per heavy atom. The first kappa shape index (κ1) is 23.4. The number of ether oxygens (including phenoxy) is 1. The summed E-state index contributed by atoms with van der Waals surface area (Å²) in [4.78, 5) is 29.5. The highest BCUT2D eigenvalue weighted by atomic mass is 19.4. The van der Waals surface area contributed by atoms with Gasteiger partial charge in [-0.3, -0.25) is 19.4 Å². The largest absolute Gasteiger partial charge is 0.416 e. The van der Waals surface area contributed by atoms with Crippen molar-refractivity contribution in [2.24, 2.45) is 0 Å². The third-order valence-electron chi connectivity index (χ3n) is 6.31. The Bertz CT molecular complexity index is 981. The summed E-state index contributed by atoms with van der Waals surface area (Å²) in [5, 5.41) is 0. The number of likely N-dealkylation sites (tertiary alicyclic amines) is 1. The van der Waals surface area contributed by atoms with Gasteiger partial charge in [0, 0.05) is 13.1 Å². The molecule has 33 heavy (non-hydrogen) atoms. The quantitative estimate of drug-likeness (QED) is 0.539. The zero-order valence-corrected chi connectivity index (χ0v) is 18.5. The third kappa shape index (κ3) is 4.96. The van der Waals surface area contributed by atoms with Crippen LogP contribution in [0.5, 0.6) is 0 Å². The van der Waals surface area contributed by atoms with Crippen LogP contribution in [-0.2, 0) is 17.5 Å². The molecule has 8 heteroatoms. The molecule has 5 nitrogen and oxygen atoms in total. The van der Waals surface area contributed by atoms with Crippen LogP contribution < -0.4 is 0 Å². The SMILES string of the molecule is CCCC(N1CCC(OCc2cccc(C(F)(F)F)c2)CC1)N1C(=O)c2ccccc2C1=O. The van der Waals surface area contributed by atoms with Crippen LogP contribution in [0.1, 0.15) is 64.4 Å². The number of fused-ring (bicyclic) bond motifs is 1. The summed E-state index contributed by atoms with van der Waals surface area (Å²) in [7, 11) is 0. The molecule has 0 radical (unpaired) electrons. The Balaban J connectivity index is 1.36. The Morgan fingerprint density at radius 3 is 2.21 bits per heavy atom. The van der Waals surface area contributed by atoms with E-state index in [1.54, 1.807) is 30.3 Å². The molecule has 0 N–H and O–H groups in total. The minimum absolute atomic E-state index is 0.0831. The van der Waals surface area contributed by atoms with E-state index < -0.39 is 11.7 Å². The Morgan fingerprint density at radius 1 is 1.00 bits per heavy atom. The molecule has 0 aliphatic carbocycles. The van der Waals surface area contributed by atoms with E-state index in [9.17, 15) is 22.8 Å². The molecule has 1 unspecified atom stereocenters. The van der Waals surface area contributed by atoms with Gasteiger partial charge in [0.15, 0.2) is 0 Å². The number of rotatable bonds is 7. The fourth-order valence-corrected chi connectivity index (χ4v) is 4.60. The molecule has 2 aliphatic rings. The van der Waals surface area contributed by atoms with Crippen molar-refractivity contribution in [3.63, 3.8) is 0 Å². The normalized spacial score (nSPS) is 18.6. The maximum Gasteiger partial charge on any atom is 0.416 e. The number of imide groups is 1. The average molecular weight is 460 g/mol. The van der Waals surface area contributed by atoms with Crippen LogP contribution in [-0.4, -0.2) is 47.0 Å². The van der Waals surface area contributed by atoms with E-state index in [1.807, 2.05) is 6.92 Å². The van der Waals surface area contributed by atoms with Gasteiger partial charge < -0.3 is 4.74 Å². The van der Waals surface area contributed by atoms with Crippen LogP contribution in [0.25, 0.3) is 0 Å². The molecule has 2 heterocycles. The van der Waals surface area contributed by atoms with Crippen LogP contribution in [0.4, 0.5) is 13.2 Å². The second kappa shape index (κ2) is 9.65. The fraction of sp³-hybridized carbons (Fsp3) is 0.440. The van der Waals surface area contributed by atoms with E-state index in [-0.39, 0.29) is 30.7 Å². The second-order valence-corrected chi connectivity index (χ2v) is 8.54. The number of benzene rings is 2. The van der Waals surface area contributed by atoms with Gasteiger partial charge in [-0.2, -0.15) is 13.2 Å². The average Bonchev–Trinajstić information content (AvgIpc) is 3.06. The molecular formula is C25H27F3N2O3. The van der Waals surface area contributed by atoms with E-state index in [2.05, 4.69) is 4.90 Å². The highest BCUT2D eigenvalue weighted by Crippen LogP contribution is 2.31. The van der Waals surface area contributed by atoms with Crippen LogP contribution in [0.2, 0.25) is 0 Å². The summed E-state index contributed by atoms with van der Waals surface area (Å²) in [6.45, 7) is 3.43. The number of hydrogen-bond donors (Lipinski definition) is 0. The third-order valence-corrected chi connectivity index (χ3v) is 6.31. The number of alkyl halides is 3. The van der Waals surface area contributed by atoms with Crippen LogP contribution in [0, 0.1) is 0 Å². The van der Waals surface area contributed by atoms with Gasteiger partial charge in [-0.25, -0.2) is 0 Å². The maximum absolute atomic E-state index is 13.0. The molecule has 0 saturated carbocycles. The molecular weight excluding hydrogens is 433 g/mol. The van der Waals surface area contributed by atoms with E-state index in [4.69, 9.17) is 4.74 Å². The standard InChI is InChI=1S/C25H27F3N2O3/c1-2-6-22(30-23(31)20-9-3-4-10-21(20)24(30)32)29-13-11-19(12-14-29)33-16-17-7-5-8-18(15-17)25(26,27)28/h3-5,7-10,15,19,22H,2,6,11-14,16H2,1H3. The molecule has 2 aliphatic heterocycles. The topological polar surface area (TPSA) is 49.9 Å². The number of amides is 2. The molecule has 2 aromatic carbocycles. The monoisotopic (exact) mass is 460 g/mol. The number of carbonyl (C=O) groups excluding carboxylic acids is 2. The second-order valence-electron chi connectivity index (χ2n) is 8.54. The van der Waals surface area contributed by atoms with Crippen LogP contribution in [0.3, 0.4) is 0 Å². The lowest BCUT2D eigenvalue weighted by molar-refractivity contribution is -0.137. The maximum atomic E-state index is 13.0. The number of halogens is 3. The van der Waals surface area contributed by atoms with Gasteiger partial charge in [-0.15, -0.1) is 0 Å². The van der Waals surface area contributed by atoms with E-state index >= 15 is 0 Å². The lowest BCUT2D eigenvalue weighted by Crippen LogP contribution is -2.53. The lowest BCUT2D eigenvalue weighted by atomic mass is 10.0. The summed E-state index contributed by atoms with van der Waals surface area (Å²) >= 11 is 0. The van der Waals surface area contributed by atoms with Gasteiger partial charge in [0.2, 0.25) is 0 Å². The first-order valence-corrected chi connectivity index (χ1v) is 11.3. The zero-order chi connectivity index (χ0) is 23.6. The van der Waals surface area contributed by atoms with Crippen molar-refractivity contribution in [2.75, 3.05) is 13.1 Å². The number of nitrogens with zero attached hydrogens (tertiary/aromatic N) is 2. The van der Waals surface area contributed by atoms with Crippen molar-refractivity contribution in [2.45, 2.75) is 57.7 Å². The van der Waals surface area contributed by atoms with E-state index in [0.717, 1.165) is 18.6 Å². The molecule has 4 rings (SSSR count). The molecule has 1 saturated heterocycles. The summed E-state index contributed by atoms with van der Waals surface area (Å²) in [6, 6.07) is 12.1. The number of hydrogen-bond acceptors (Lipinski definition) is 4. The molecule has 2 amide bonds. The molecule has 0 spiro atoms. The Kier molecular flexibility index (Phi) is 6.86. The smallest absolute Gasteiger partial charge is 0.373 e. The van der Waals surface area contributed by atoms with Gasteiger partial charge >= 0.3 is 6.18 Å². The zero-order valence-electron chi connectivity index (χ0n) is 18.5. The first-order valence-electron chi connectivity index (χ1n) is 11.3. The van der Waals surface area contributed by atoms with Crippen LogP contribution >= 0.6 is 0 Å². The van der Waals surface area contributed by atoms with E-state index in [0.29, 0.717) is 49.0 Å². The van der Waals surface area contributed by atoms with Gasteiger partial charge in [0.25, 0.3) is 11.8 Å². The van der Waals surface area contributed by atoms with E-state index in [1.165, 1.54) is 11.0 Å². The predicted octanol–water partition coefficient (Wildman–Crippen LogP) is 5.11. The van der Waals surface area contributed by atoms with Gasteiger partial charge in [0.05, 0.1) is 35.6 Å². The highest BCUT2D eigenvalue weighted by Gasteiger charge is 2.42. The summed E-state index contributed by atoms with van der Waals surface area (Å²) in [6.07, 6.45) is -1.90. The molecule has 2 aromatic rings. The summed E-state index contributed by atoms with van der Waals surface area (Å²) in [5.41, 5.74) is 0.703. The van der Waals surface area contributed by atoms with Crippen LogP contribution in [0.15, 0.2) is 48.5 Å². The molecule has 176 valence electrons. The first-order chi connectivity index (χ1) is 15.8. The summed E-state index contributed by atoms with van der Waals surface area (Å²) < 4.78 is 44.7. The molecule has 0 aromatic heterocycles. The number of carbonyl (C=O) groups is 2. The number of piperidine rings is 1. The Labute approximate surface area is 191 Å². The fourth-order valence-electron chi connectivity index (χ4n) is 4.60. The highest BCUT2D eigenvalue weighted by molar-refractivity contribution is 6.21. The van der Waals surface area contributed by atoms with Crippen molar-refractivity contribution in [3.05, 3.63) is 70.8 Å². The van der Waals surface area contributed by atoms with Crippen molar-refractivity contribution in [1.82, 2.24) is 9.80 Å². The van der Waals surface area contributed by atoms with Crippen molar-refractivity contribution in [1.29, 1.82) is 0 Å². The van der Waals surface area contributed by atoms with Gasteiger partial charge in [-0.1, -0.05) is 37.6 Å². The minimum Gasteiger partial charge on any atom is -0.373 e. The van der Waals surface area contributed by atoms with Crippen molar-refractivity contribution >= 4 is 11.8 Å². The van der Waals surface area contributed by atoms with Crippen molar-refractivity contribution < 1.29 is 27.5 Å². The predicted molar refractivity (Wildman–Crippen MR) is 116 cm³/mol. The Hall–Kier alpha value is -2.71. The molecule has 1 fully saturated rings. The summed E-state index contributed by atoms with van der Waals surface area (Å²) in [5.74, 6) is -0.506.